The molecule has 1 heterocycles. The molecule has 0 saturated carbocycles. The van der Waals surface area contributed by atoms with E-state index in [0.717, 1.165) is 40.9 Å². The van der Waals surface area contributed by atoms with Crippen LogP contribution in [0.15, 0.2) is 54.6 Å². The smallest absolute Gasteiger partial charge is 0.0755 e. The summed E-state index contributed by atoms with van der Waals surface area (Å²) in [7, 11) is 0. The van der Waals surface area contributed by atoms with E-state index in [1.807, 2.05) is 12.1 Å². The van der Waals surface area contributed by atoms with Gasteiger partial charge in [0.15, 0.2) is 0 Å². The van der Waals surface area contributed by atoms with Gasteiger partial charge in [0.2, 0.25) is 0 Å². The van der Waals surface area contributed by atoms with Crippen LogP contribution in [-0.4, -0.2) is 4.98 Å². The molecule has 0 unspecified atom stereocenters. The van der Waals surface area contributed by atoms with Crippen LogP contribution in [0.4, 0.5) is 0 Å². The predicted molar refractivity (Wildman–Crippen MR) is 90.0 cm³/mol. The molecule has 21 heavy (non-hydrogen) atoms. The van der Waals surface area contributed by atoms with E-state index >= 15 is 0 Å². The molecule has 1 nitrogen and oxygen atoms in total. The van der Waals surface area contributed by atoms with Gasteiger partial charge in [-0.2, -0.15) is 0 Å². The Bertz CT molecular complexity index is 750. The molecule has 0 saturated heterocycles. The number of aryl methyl sites for hydroxylation is 1. The van der Waals surface area contributed by atoms with Gasteiger partial charge in [0.1, 0.15) is 0 Å². The molecule has 0 aliphatic heterocycles. The molecule has 106 valence electrons. The van der Waals surface area contributed by atoms with Crippen molar-refractivity contribution in [3.05, 3.63) is 76.4 Å². The second kappa shape index (κ2) is 6.28. The summed E-state index contributed by atoms with van der Waals surface area (Å²) < 4.78 is 0. The fraction of sp³-hybridized carbons (Fsp3) is 0.211. The van der Waals surface area contributed by atoms with Gasteiger partial charge in [-0.3, -0.25) is 4.98 Å². The third-order valence-corrected chi connectivity index (χ3v) is 3.98. The SMILES string of the molecule is CCCc1cc(Cl)c2cccc(Cc3ccccc3)c2n1. The van der Waals surface area contributed by atoms with E-state index in [9.17, 15) is 0 Å². The monoisotopic (exact) mass is 295 g/mol. The van der Waals surface area contributed by atoms with Crippen LogP contribution in [0, 0.1) is 0 Å². The number of rotatable bonds is 4. The highest BCUT2D eigenvalue weighted by atomic mass is 35.5. The zero-order valence-corrected chi connectivity index (χ0v) is 12.9. The number of fused-ring (bicyclic) bond motifs is 1. The molecule has 2 aromatic carbocycles. The van der Waals surface area contributed by atoms with Crippen molar-refractivity contribution in [1.82, 2.24) is 4.98 Å². The molecule has 3 aromatic rings. The lowest BCUT2D eigenvalue weighted by Crippen LogP contribution is -1.96. The number of nitrogens with zero attached hydrogens (tertiary/aromatic N) is 1. The Morgan fingerprint density at radius 3 is 2.57 bits per heavy atom. The summed E-state index contributed by atoms with van der Waals surface area (Å²) in [5, 5.41) is 1.85. The summed E-state index contributed by atoms with van der Waals surface area (Å²) in [6.07, 6.45) is 2.93. The van der Waals surface area contributed by atoms with Gasteiger partial charge >= 0.3 is 0 Å². The molecule has 0 fully saturated rings. The molecule has 0 atom stereocenters. The first-order valence-corrected chi connectivity index (χ1v) is 7.76. The van der Waals surface area contributed by atoms with Gasteiger partial charge in [-0.25, -0.2) is 0 Å². The van der Waals surface area contributed by atoms with E-state index < -0.39 is 0 Å². The van der Waals surface area contributed by atoms with Crippen LogP contribution < -0.4 is 0 Å². The van der Waals surface area contributed by atoms with E-state index in [4.69, 9.17) is 16.6 Å². The Balaban J connectivity index is 2.09. The lowest BCUT2D eigenvalue weighted by atomic mass is 10.0. The normalized spacial score (nSPS) is 11.0. The molecule has 2 heteroatoms. The summed E-state index contributed by atoms with van der Waals surface area (Å²) in [6, 6.07) is 18.7. The van der Waals surface area contributed by atoms with Crippen molar-refractivity contribution >= 4 is 22.5 Å². The summed E-state index contributed by atoms with van der Waals surface area (Å²) in [6.45, 7) is 2.16. The Kier molecular flexibility index (Phi) is 4.21. The molecule has 0 bridgehead atoms. The van der Waals surface area contributed by atoms with Crippen LogP contribution in [0.5, 0.6) is 0 Å². The average molecular weight is 296 g/mol. The van der Waals surface area contributed by atoms with Crippen LogP contribution in [-0.2, 0) is 12.8 Å². The van der Waals surface area contributed by atoms with E-state index in [2.05, 4.69) is 49.4 Å². The third-order valence-electron chi connectivity index (χ3n) is 3.67. The number of benzene rings is 2. The van der Waals surface area contributed by atoms with E-state index in [0.29, 0.717) is 0 Å². The average Bonchev–Trinajstić information content (AvgIpc) is 2.50. The van der Waals surface area contributed by atoms with Gasteiger partial charge in [0, 0.05) is 11.1 Å². The van der Waals surface area contributed by atoms with Gasteiger partial charge < -0.3 is 0 Å². The van der Waals surface area contributed by atoms with E-state index in [1.54, 1.807) is 0 Å². The van der Waals surface area contributed by atoms with Gasteiger partial charge in [0.25, 0.3) is 0 Å². The first-order chi connectivity index (χ1) is 10.3. The van der Waals surface area contributed by atoms with Crippen molar-refractivity contribution in [1.29, 1.82) is 0 Å². The lowest BCUT2D eigenvalue weighted by Gasteiger charge is -2.09. The second-order valence-electron chi connectivity index (χ2n) is 5.32. The first-order valence-electron chi connectivity index (χ1n) is 7.39. The minimum atomic E-state index is 0.804. The summed E-state index contributed by atoms with van der Waals surface area (Å²) in [5.74, 6) is 0. The third kappa shape index (κ3) is 3.08. The van der Waals surface area contributed by atoms with Gasteiger partial charge in [-0.1, -0.05) is 73.5 Å². The topological polar surface area (TPSA) is 12.9 Å². The zero-order valence-electron chi connectivity index (χ0n) is 12.1. The van der Waals surface area contributed by atoms with E-state index in [1.165, 1.54) is 11.1 Å². The van der Waals surface area contributed by atoms with Crippen molar-refractivity contribution < 1.29 is 0 Å². The van der Waals surface area contributed by atoms with Crippen molar-refractivity contribution in [2.45, 2.75) is 26.2 Å². The number of para-hydroxylation sites is 1. The van der Waals surface area contributed by atoms with Gasteiger partial charge in [-0.15, -0.1) is 0 Å². The first kappa shape index (κ1) is 14.1. The standard InChI is InChI=1S/C19H18ClN/c1-2-7-16-13-18(20)17-11-6-10-15(19(17)21-16)12-14-8-4-3-5-9-14/h3-6,8-11,13H,2,7,12H2,1H3. The maximum atomic E-state index is 6.43. The maximum absolute atomic E-state index is 6.43. The summed E-state index contributed by atoms with van der Waals surface area (Å²) in [4.78, 5) is 4.84. The molecule has 0 radical (unpaired) electrons. The number of aromatic nitrogens is 1. The number of hydrogen-bond acceptors (Lipinski definition) is 1. The summed E-state index contributed by atoms with van der Waals surface area (Å²) in [5.41, 5.74) is 4.65. The van der Waals surface area contributed by atoms with Crippen LogP contribution in [0.25, 0.3) is 10.9 Å². The minimum absolute atomic E-state index is 0.804. The molecule has 0 aliphatic rings. The Labute approximate surface area is 130 Å². The molecular weight excluding hydrogens is 278 g/mol. The Hall–Kier alpha value is -1.86. The highest BCUT2D eigenvalue weighted by Crippen LogP contribution is 2.27. The largest absolute Gasteiger partial charge is 0.252 e. The number of pyridine rings is 1. The number of halogens is 1. The molecule has 3 rings (SSSR count). The maximum Gasteiger partial charge on any atom is 0.0755 e. The van der Waals surface area contributed by atoms with Crippen LogP contribution in [0.3, 0.4) is 0 Å². The Morgan fingerprint density at radius 1 is 1.00 bits per heavy atom. The van der Waals surface area contributed by atoms with Crippen molar-refractivity contribution in [3.63, 3.8) is 0 Å². The molecule has 0 aliphatic carbocycles. The van der Waals surface area contributed by atoms with Crippen LogP contribution in [0.1, 0.15) is 30.2 Å². The minimum Gasteiger partial charge on any atom is -0.252 e. The number of hydrogen-bond donors (Lipinski definition) is 0. The fourth-order valence-electron chi connectivity index (χ4n) is 2.66. The van der Waals surface area contributed by atoms with Crippen molar-refractivity contribution in [2.75, 3.05) is 0 Å². The van der Waals surface area contributed by atoms with Crippen LogP contribution in [0.2, 0.25) is 5.02 Å². The zero-order chi connectivity index (χ0) is 14.7. The van der Waals surface area contributed by atoms with Crippen molar-refractivity contribution in [2.24, 2.45) is 0 Å². The van der Waals surface area contributed by atoms with Crippen LogP contribution >= 0.6 is 11.6 Å². The van der Waals surface area contributed by atoms with E-state index in [-0.39, 0.29) is 0 Å². The quantitative estimate of drug-likeness (QED) is 0.625. The molecular formula is C19H18ClN. The predicted octanol–water partition coefficient (Wildman–Crippen LogP) is 5.43. The highest BCUT2D eigenvalue weighted by Gasteiger charge is 2.08. The molecule has 1 aromatic heterocycles. The highest BCUT2D eigenvalue weighted by molar-refractivity contribution is 6.35. The summed E-state index contributed by atoms with van der Waals surface area (Å²) >= 11 is 6.43. The van der Waals surface area contributed by atoms with Crippen molar-refractivity contribution in [3.8, 4) is 0 Å². The molecule has 0 N–H and O–H groups in total. The second-order valence-corrected chi connectivity index (χ2v) is 5.73. The lowest BCUT2D eigenvalue weighted by molar-refractivity contribution is 0.889. The molecule has 0 amide bonds. The van der Waals surface area contributed by atoms with Gasteiger partial charge in [0.05, 0.1) is 10.5 Å². The fourth-order valence-corrected chi connectivity index (χ4v) is 2.94. The Morgan fingerprint density at radius 2 is 1.81 bits per heavy atom. The van der Waals surface area contributed by atoms with Gasteiger partial charge in [-0.05, 0) is 30.0 Å². The molecule has 0 spiro atoms.